The van der Waals surface area contributed by atoms with Gasteiger partial charge in [0, 0.05) is 45.3 Å². The van der Waals surface area contributed by atoms with Crippen molar-refractivity contribution in [2.45, 2.75) is 0 Å². The van der Waals surface area contributed by atoms with Gasteiger partial charge in [0.15, 0.2) is 0 Å². The summed E-state index contributed by atoms with van der Waals surface area (Å²) in [6.07, 6.45) is 8.85. The van der Waals surface area contributed by atoms with Crippen molar-refractivity contribution in [2.75, 3.05) is 5.43 Å². The van der Waals surface area contributed by atoms with Gasteiger partial charge < -0.3 is 9.97 Å². The van der Waals surface area contributed by atoms with Gasteiger partial charge in [0.2, 0.25) is 0 Å². The Labute approximate surface area is 159 Å². The molecule has 0 spiro atoms. The van der Waals surface area contributed by atoms with Crippen molar-refractivity contribution in [3.63, 3.8) is 0 Å². The van der Waals surface area contributed by atoms with E-state index in [2.05, 4.69) is 35.8 Å². The smallest absolute Gasteiger partial charge is 0.265 e. The average molecular weight is 368 g/mol. The molecule has 8 heteroatoms. The van der Waals surface area contributed by atoms with Crippen LogP contribution in [-0.4, -0.2) is 37.3 Å². The first-order valence-corrected chi connectivity index (χ1v) is 8.74. The minimum absolute atomic E-state index is 0.423. The second-order valence-corrected chi connectivity index (χ2v) is 6.19. The molecular formula is C20H16N8. The highest BCUT2D eigenvalue weighted by molar-refractivity contribution is 5.99. The molecule has 0 aliphatic carbocycles. The van der Waals surface area contributed by atoms with E-state index in [1.54, 1.807) is 12.4 Å². The predicted molar refractivity (Wildman–Crippen MR) is 111 cm³/mol. The van der Waals surface area contributed by atoms with Crippen LogP contribution in [0.2, 0.25) is 0 Å². The van der Waals surface area contributed by atoms with Crippen LogP contribution in [-0.2, 0) is 0 Å². The highest BCUT2D eigenvalue weighted by Crippen LogP contribution is 2.17. The van der Waals surface area contributed by atoms with Crippen LogP contribution in [0, 0.1) is 0 Å². The number of nitrogens with zero attached hydrogens (tertiary/aromatic N) is 5. The summed E-state index contributed by atoms with van der Waals surface area (Å²) in [6.45, 7) is 0. The molecule has 28 heavy (non-hydrogen) atoms. The van der Waals surface area contributed by atoms with E-state index in [1.165, 1.54) is 11.0 Å². The number of anilines is 1. The van der Waals surface area contributed by atoms with Crippen molar-refractivity contribution < 1.29 is 0 Å². The van der Waals surface area contributed by atoms with E-state index in [-0.39, 0.29) is 0 Å². The minimum Gasteiger partial charge on any atom is -0.361 e. The third-order valence-corrected chi connectivity index (χ3v) is 4.46. The third-order valence-electron chi connectivity index (χ3n) is 4.46. The molecule has 5 rings (SSSR count). The van der Waals surface area contributed by atoms with Crippen molar-refractivity contribution in [3.05, 3.63) is 78.4 Å². The molecule has 0 unspecified atom stereocenters. The average Bonchev–Trinajstić information content (AvgIpc) is 3.45. The lowest BCUT2D eigenvalue weighted by Crippen LogP contribution is -1.99. The second-order valence-electron chi connectivity index (χ2n) is 6.19. The van der Waals surface area contributed by atoms with Gasteiger partial charge in [-0.05, 0) is 12.1 Å². The Hall–Kier alpha value is -4.20. The molecule has 8 nitrogen and oxygen atoms in total. The van der Waals surface area contributed by atoms with Crippen LogP contribution in [0.25, 0.3) is 21.8 Å². The number of H-pyrrole nitrogens is 2. The van der Waals surface area contributed by atoms with Crippen LogP contribution in [0.5, 0.6) is 0 Å². The van der Waals surface area contributed by atoms with Crippen molar-refractivity contribution in [3.8, 4) is 0 Å². The topological polar surface area (TPSA) is 99.0 Å². The summed E-state index contributed by atoms with van der Waals surface area (Å²) in [4.78, 5) is 6.44. The lowest BCUT2D eigenvalue weighted by atomic mass is 10.2. The van der Waals surface area contributed by atoms with Crippen molar-refractivity contribution in [2.24, 2.45) is 10.2 Å². The number of benzene rings is 2. The summed E-state index contributed by atoms with van der Waals surface area (Å²) in [6, 6.07) is 16.1. The second kappa shape index (κ2) is 6.84. The van der Waals surface area contributed by atoms with Gasteiger partial charge in [-0.15, -0.1) is 10.2 Å². The number of nitrogens with one attached hydrogen (secondary N) is 3. The van der Waals surface area contributed by atoms with Crippen molar-refractivity contribution in [1.82, 2.24) is 24.8 Å². The van der Waals surface area contributed by atoms with Crippen LogP contribution in [0.15, 0.2) is 77.5 Å². The normalized spacial score (nSPS) is 12.0. The molecule has 3 N–H and O–H groups in total. The third kappa shape index (κ3) is 2.92. The maximum Gasteiger partial charge on any atom is 0.265 e. The molecular weight excluding hydrogens is 352 g/mol. The molecule has 3 heterocycles. The summed E-state index contributed by atoms with van der Waals surface area (Å²) < 4.78 is 1.54. The quantitative estimate of drug-likeness (QED) is 0.327. The van der Waals surface area contributed by atoms with E-state index in [4.69, 9.17) is 0 Å². The Morgan fingerprint density at radius 1 is 0.857 bits per heavy atom. The fourth-order valence-corrected chi connectivity index (χ4v) is 3.07. The molecule has 0 saturated carbocycles. The number of hydrazone groups is 1. The van der Waals surface area contributed by atoms with Crippen molar-refractivity contribution in [1.29, 1.82) is 0 Å². The van der Waals surface area contributed by atoms with E-state index >= 15 is 0 Å². The van der Waals surface area contributed by atoms with Crippen LogP contribution < -0.4 is 5.43 Å². The summed E-state index contributed by atoms with van der Waals surface area (Å²) in [5, 5.41) is 18.8. The molecule has 0 amide bonds. The first-order valence-electron chi connectivity index (χ1n) is 8.74. The zero-order valence-electron chi connectivity index (χ0n) is 14.7. The molecule has 0 aliphatic heterocycles. The molecule has 0 bridgehead atoms. The Bertz CT molecular complexity index is 1300. The number of rotatable bonds is 5. The Balaban J connectivity index is 1.35. The molecule has 5 aromatic rings. The summed E-state index contributed by atoms with van der Waals surface area (Å²) in [7, 11) is 0. The van der Waals surface area contributed by atoms with Crippen LogP contribution >= 0.6 is 0 Å². The molecule has 136 valence electrons. The first kappa shape index (κ1) is 16.0. The molecule has 2 aromatic carbocycles. The standard InChI is InChI=1S/C20H16N8/c1-3-7-18-16(5-1)14(9-21-18)11-23-26-20-27-24-13-28(20)25-12-15-10-22-19-8-4-2-6-17(15)19/h1-13,21-22H,(H,26,27). The summed E-state index contributed by atoms with van der Waals surface area (Å²) in [5.74, 6) is 0.423. The van der Waals surface area contributed by atoms with E-state index in [1.807, 2.05) is 60.9 Å². The molecule has 0 aliphatic rings. The summed E-state index contributed by atoms with van der Waals surface area (Å²) in [5.41, 5.74) is 6.98. The molecule has 0 radical (unpaired) electrons. The van der Waals surface area contributed by atoms with E-state index in [9.17, 15) is 0 Å². The maximum atomic E-state index is 4.43. The Morgan fingerprint density at radius 2 is 1.50 bits per heavy atom. The number of aromatic amines is 2. The zero-order chi connectivity index (χ0) is 18.8. The van der Waals surface area contributed by atoms with Crippen LogP contribution in [0.1, 0.15) is 11.1 Å². The van der Waals surface area contributed by atoms with E-state index < -0.39 is 0 Å². The molecule has 0 fully saturated rings. The number of para-hydroxylation sites is 2. The van der Waals surface area contributed by atoms with Gasteiger partial charge in [0.1, 0.15) is 6.33 Å². The Kier molecular flexibility index (Phi) is 3.91. The van der Waals surface area contributed by atoms with Crippen LogP contribution in [0.4, 0.5) is 5.95 Å². The van der Waals surface area contributed by atoms with E-state index in [0.717, 1.165) is 32.9 Å². The van der Waals surface area contributed by atoms with Gasteiger partial charge in [0.05, 0.1) is 12.4 Å². The molecule has 3 aromatic heterocycles. The van der Waals surface area contributed by atoms with Gasteiger partial charge >= 0.3 is 0 Å². The number of fused-ring (bicyclic) bond motifs is 2. The Morgan fingerprint density at radius 3 is 2.21 bits per heavy atom. The van der Waals surface area contributed by atoms with Gasteiger partial charge in [0.25, 0.3) is 5.95 Å². The fraction of sp³-hybridized carbons (Fsp3) is 0. The number of aromatic nitrogens is 5. The minimum atomic E-state index is 0.423. The predicted octanol–water partition coefficient (Wildman–Crippen LogP) is 3.57. The van der Waals surface area contributed by atoms with Crippen LogP contribution in [0.3, 0.4) is 0 Å². The summed E-state index contributed by atoms with van der Waals surface area (Å²) >= 11 is 0. The van der Waals surface area contributed by atoms with Gasteiger partial charge in [-0.2, -0.15) is 14.9 Å². The monoisotopic (exact) mass is 368 g/mol. The van der Waals surface area contributed by atoms with Gasteiger partial charge in [-0.25, -0.2) is 5.43 Å². The lowest BCUT2D eigenvalue weighted by Gasteiger charge is -1.98. The fourth-order valence-electron chi connectivity index (χ4n) is 3.07. The lowest BCUT2D eigenvalue weighted by molar-refractivity contribution is 0.879. The highest BCUT2D eigenvalue weighted by Gasteiger charge is 2.04. The zero-order valence-corrected chi connectivity index (χ0v) is 14.7. The largest absolute Gasteiger partial charge is 0.361 e. The molecule has 0 atom stereocenters. The number of hydrogen-bond donors (Lipinski definition) is 3. The molecule has 0 saturated heterocycles. The maximum absolute atomic E-state index is 4.43. The first-order chi connectivity index (χ1) is 13.9. The van der Waals surface area contributed by atoms with E-state index in [0.29, 0.717) is 5.95 Å². The van der Waals surface area contributed by atoms with Gasteiger partial charge in [-0.3, -0.25) is 0 Å². The highest BCUT2D eigenvalue weighted by atomic mass is 15.5. The van der Waals surface area contributed by atoms with Gasteiger partial charge in [-0.1, -0.05) is 36.4 Å². The SMILES string of the molecule is C(=NNc1nncn1N=Cc1c[nH]c2ccccc12)c1c[nH]c2ccccc12. The number of hydrogen-bond acceptors (Lipinski definition) is 5. The van der Waals surface area contributed by atoms with Crippen molar-refractivity contribution >= 4 is 40.2 Å².